The largest absolute Gasteiger partial charge is 0.496 e. The maximum atomic E-state index is 12.2. The number of nitrogens with one attached hydrogen (secondary N) is 1. The van der Waals surface area contributed by atoms with Crippen LogP contribution in [0.1, 0.15) is 16.7 Å². The number of benzene rings is 2. The van der Waals surface area contributed by atoms with Crippen molar-refractivity contribution in [2.24, 2.45) is 0 Å². The van der Waals surface area contributed by atoms with E-state index in [0.29, 0.717) is 5.75 Å². The Kier molecular flexibility index (Phi) is 6.88. The molecular formula is C22H22N2O2S. The van der Waals surface area contributed by atoms with E-state index in [0.717, 1.165) is 34.7 Å². The van der Waals surface area contributed by atoms with Gasteiger partial charge in [0.2, 0.25) is 5.91 Å². The highest BCUT2D eigenvalue weighted by atomic mass is 32.2. The van der Waals surface area contributed by atoms with E-state index in [9.17, 15) is 4.79 Å². The Morgan fingerprint density at radius 3 is 2.63 bits per heavy atom. The molecule has 27 heavy (non-hydrogen) atoms. The Morgan fingerprint density at radius 1 is 1.07 bits per heavy atom. The van der Waals surface area contributed by atoms with Crippen LogP contribution in [0.25, 0.3) is 0 Å². The van der Waals surface area contributed by atoms with Crippen LogP contribution in [0.3, 0.4) is 0 Å². The van der Waals surface area contributed by atoms with E-state index in [1.165, 1.54) is 5.56 Å². The van der Waals surface area contributed by atoms with Gasteiger partial charge in [0.25, 0.3) is 0 Å². The van der Waals surface area contributed by atoms with Gasteiger partial charge in [-0.2, -0.15) is 0 Å². The molecule has 1 amide bonds. The first kappa shape index (κ1) is 19.0. The molecule has 0 bridgehead atoms. The number of carbonyl (C=O) groups excluding carboxylic acids is 1. The molecule has 5 heteroatoms. The van der Waals surface area contributed by atoms with Crippen molar-refractivity contribution in [3.05, 3.63) is 89.7 Å². The number of anilines is 1. The van der Waals surface area contributed by atoms with Crippen LogP contribution in [0.15, 0.2) is 73.1 Å². The number of aromatic nitrogens is 1. The van der Waals surface area contributed by atoms with Crippen molar-refractivity contribution >= 4 is 23.4 Å². The fraction of sp³-hybridized carbons (Fsp3) is 0.182. The number of hydrogen-bond acceptors (Lipinski definition) is 4. The van der Waals surface area contributed by atoms with Crippen molar-refractivity contribution in [1.82, 2.24) is 4.98 Å². The lowest BCUT2D eigenvalue weighted by atomic mass is 10.0. The molecule has 1 N–H and O–H groups in total. The number of amides is 1. The Labute approximate surface area is 164 Å². The Bertz CT molecular complexity index is 870. The van der Waals surface area contributed by atoms with E-state index in [2.05, 4.69) is 22.4 Å². The highest BCUT2D eigenvalue weighted by molar-refractivity contribution is 7.99. The van der Waals surface area contributed by atoms with Gasteiger partial charge >= 0.3 is 0 Å². The molecule has 0 radical (unpaired) electrons. The van der Waals surface area contributed by atoms with E-state index >= 15 is 0 Å². The lowest BCUT2D eigenvalue weighted by molar-refractivity contribution is -0.113. The maximum Gasteiger partial charge on any atom is 0.234 e. The van der Waals surface area contributed by atoms with Crippen molar-refractivity contribution in [1.29, 1.82) is 0 Å². The van der Waals surface area contributed by atoms with Crippen LogP contribution in [0.5, 0.6) is 5.75 Å². The molecule has 0 atom stereocenters. The highest BCUT2D eigenvalue weighted by Crippen LogP contribution is 2.25. The van der Waals surface area contributed by atoms with E-state index < -0.39 is 0 Å². The molecule has 0 aliphatic rings. The molecule has 0 fully saturated rings. The van der Waals surface area contributed by atoms with Gasteiger partial charge in [0.1, 0.15) is 5.75 Å². The number of nitrogens with zero attached hydrogens (tertiary/aromatic N) is 1. The van der Waals surface area contributed by atoms with Crippen LogP contribution in [-0.4, -0.2) is 23.8 Å². The summed E-state index contributed by atoms with van der Waals surface area (Å²) in [5.74, 6) is 1.97. The minimum Gasteiger partial charge on any atom is -0.496 e. The zero-order valence-corrected chi connectivity index (χ0v) is 16.0. The Balaban J connectivity index is 1.59. The normalized spacial score (nSPS) is 10.4. The molecule has 0 saturated heterocycles. The molecule has 0 spiro atoms. The van der Waals surface area contributed by atoms with Gasteiger partial charge in [0.15, 0.2) is 0 Å². The molecule has 3 rings (SSSR count). The number of carbonyl (C=O) groups is 1. The summed E-state index contributed by atoms with van der Waals surface area (Å²) in [5.41, 5.74) is 4.15. The molecule has 3 aromatic rings. The van der Waals surface area contributed by atoms with Gasteiger partial charge in [0, 0.05) is 35.8 Å². The minimum atomic E-state index is -0.0141. The van der Waals surface area contributed by atoms with Crippen LogP contribution >= 0.6 is 11.8 Å². The summed E-state index contributed by atoms with van der Waals surface area (Å²) >= 11 is 1.57. The van der Waals surface area contributed by atoms with Crippen LogP contribution in [0.2, 0.25) is 0 Å². The van der Waals surface area contributed by atoms with Crippen molar-refractivity contribution in [2.75, 3.05) is 18.2 Å². The first-order chi connectivity index (χ1) is 13.2. The number of rotatable bonds is 8. The van der Waals surface area contributed by atoms with E-state index in [1.54, 1.807) is 25.1 Å². The molecule has 1 aromatic heterocycles. The van der Waals surface area contributed by atoms with Crippen molar-refractivity contribution in [3.63, 3.8) is 0 Å². The van der Waals surface area contributed by atoms with E-state index in [4.69, 9.17) is 4.74 Å². The number of thioether (sulfide) groups is 1. The summed E-state index contributed by atoms with van der Waals surface area (Å²) in [6.45, 7) is 0. The summed E-state index contributed by atoms with van der Waals surface area (Å²) in [5, 5.41) is 2.97. The fourth-order valence-electron chi connectivity index (χ4n) is 2.75. The van der Waals surface area contributed by atoms with Gasteiger partial charge in [-0.25, -0.2) is 0 Å². The zero-order valence-electron chi connectivity index (χ0n) is 15.2. The summed E-state index contributed by atoms with van der Waals surface area (Å²) in [4.78, 5) is 16.3. The van der Waals surface area contributed by atoms with Gasteiger partial charge in [-0.15, -0.1) is 11.8 Å². The van der Waals surface area contributed by atoms with Crippen molar-refractivity contribution in [3.8, 4) is 5.75 Å². The SMILES string of the molecule is COc1ccc(NC(=O)CSCc2cccnc2)cc1Cc1ccccc1. The van der Waals surface area contributed by atoms with Gasteiger partial charge in [-0.3, -0.25) is 9.78 Å². The van der Waals surface area contributed by atoms with Crippen LogP contribution < -0.4 is 10.1 Å². The van der Waals surface area contributed by atoms with E-state index in [-0.39, 0.29) is 5.91 Å². The average molecular weight is 378 g/mol. The Hall–Kier alpha value is -2.79. The van der Waals surface area contributed by atoms with E-state index in [1.807, 2.05) is 54.7 Å². The summed E-state index contributed by atoms with van der Waals surface area (Å²) in [6.07, 6.45) is 4.32. The molecule has 0 aliphatic carbocycles. The first-order valence-corrected chi connectivity index (χ1v) is 9.87. The topological polar surface area (TPSA) is 51.2 Å². The zero-order chi connectivity index (χ0) is 18.9. The van der Waals surface area contributed by atoms with Crippen LogP contribution in [0, 0.1) is 0 Å². The number of pyridine rings is 1. The third-order valence-electron chi connectivity index (χ3n) is 4.03. The monoisotopic (exact) mass is 378 g/mol. The molecule has 2 aromatic carbocycles. The second-order valence-electron chi connectivity index (χ2n) is 6.09. The van der Waals surface area contributed by atoms with Gasteiger partial charge in [-0.05, 0) is 35.4 Å². The highest BCUT2D eigenvalue weighted by Gasteiger charge is 2.08. The van der Waals surface area contributed by atoms with Crippen molar-refractivity contribution < 1.29 is 9.53 Å². The predicted octanol–water partition coefficient (Wildman–Crippen LogP) is 4.55. The average Bonchev–Trinajstić information content (AvgIpc) is 2.70. The van der Waals surface area contributed by atoms with Gasteiger partial charge in [0.05, 0.1) is 12.9 Å². The molecule has 0 unspecified atom stereocenters. The van der Waals surface area contributed by atoms with Gasteiger partial charge in [-0.1, -0.05) is 36.4 Å². The van der Waals surface area contributed by atoms with Crippen molar-refractivity contribution in [2.45, 2.75) is 12.2 Å². The number of methoxy groups -OCH3 is 1. The van der Waals surface area contributed by atoms with Crippen LogP contribution in [-0.2, 0) is 17.0 Å². The van der Waals surface area contributed by atoms with Gasteiger partial charge < -0.3 is 10.1 Å². The molecule has 4 nitrogen and oxygen atoms in total. The molecular weight excluding hydrogens is 356 g/mol. The standard InChI is InChI=1S/C22H22N2O2S/c1-26-21-10-9-20(13-19(21)12-17-6-3-2-4-7-17)24-22(25)16-27-15-18-8-5-11-23-14-18/h2-11,13-14H,12,15-16H2,1H3,(H,24,25). The quantitative estimate of drug-likeness (QED) is 0.625. The fourth-order valence-corrected chi connectivity index (χ4v) is 3.52. The van der Waals surface area contributed by atoms with Crippen LogP contribution in [0.4, 0.5) is 5.69 Å². The molecule has 0 aliphatic heterocycles. The minimum absolute atomic E-state index is 0.0141. The second-order valence-corrected chi connectivity index (χ2v) is 7.08. The Morgan fingerprint density at radius 2 is 1.89 bits per heavy atom. The maximum absolute atomic E-state index is 12.2. The molecule has 0 saturated carbocycles. The first-order valence-electron chi connectivity index (χ1n) is 8.72. The number of hydrogen-bond donors (Lipinski definition) is 1. The summed E-state index contributed by atoms with van der Waals surface area (Å²) < 4.78 is 5.47. The third kappa shape index (κ3) is 5.86. The molecule has 1 heterocycles. The predicted molar refractivity (Wildman–Crippen MR) is 111 cm³/mol. The summed E-state index contributed by atoms with van der Waals surface area (Å²) in [6, 6.07) is 19.9. The third-order valence-corrected chi connectivity index (χ3v) is 5.03. The number of ether oxygens (including phenoxy) is 1. The second kappa shape index (κ2) is 9.78. The lowest BCUT2D eigenvalue weighted by Gasteiger charge is -2.12. The summed E-state index contributed by atoms with van der Waals surface area (Å²) in [7, 11) is 1.66. The smallest absolute Gasteiger partial charge is 0.234 e. The molecule has 138 valence electrons. The lowest BCUT2D eigenvalue weighted by Crippen LogP contribution is -2.14.